The van der Waals surface area contributed by atoms with Crippen molar-refractivity contribution in [3.05, 3.63) is 59.7 Å². The number of cyclic esters (lactones) is 1. The summed E-state index contributed by atoms with van der Waals surface area (Å²) in [6.07, 6.45) is 9.42. The molecule has 0 radical (unpaired) electrons. The monoisotopic (exact) mass is 579 g/mol. The number of halogens is 2. The minimum absolute atomic E-state index is 0.00559. The van der Waals surface area contributed by atoms with E-state index in [0.717, 1.165) is 45.2 Å². The van der Waals surface area contributed by atoms with Crippen molar-refractivity contribution in [3.8, 4) is 5.75 Å². The third-order valence-corrected chi connectivity index (χ3v) is 8.33. The Morgan fingerprint density at radius 3 is 2.76 bits per heavy atom. The molecule has 11 heteroatoms. The minimum atomic E-state index is -0.511. The van der Waals surface area contributed by atoms with E-state index in [0.29, 0.717) is 59.5 Å². The van der Waals surface area contributed by atoms with Crippen molar-refractivity contribution in [2.45, 2.75) is 32.1 Å². The number of esters is 1. The molecule has 0 unspecified atom stereocenters. The second kappa shape index (κ2) is 11.6. The number of benzene rings is 2. The van der Waals surface area contributed by atoms with Gasteiger partial charge in [-0.15, -0.1) is 0 Å². The number of ether oxygens (including phenoxy) is 2. The summed E-state index contributed by atoms with van der Waals surface area (Å²) in [6.45, 7) is 3.28. The number of rotatable bonds is 9. The summed E-state index contributed by atoms with van der Waals surface area (Å²) in [4.78, 5) is 36.1. The standard InChI is InChI=1S/C30H31ClFN5O4/c31-22-14-20(5-6-23(22)32)35-28-21-15-25(26(41-17-19-3-4-19)16-24(21)33-18-34-28)36-27(38)2-1-10-37-11-7-30(8-12-37)9-13-40-29(30)39/h1-2,5-6,14-16,18-19H,3-4,7-13,17H2,(H,36,38)(H,33,34,35). The van der Waals surface area contributed by atoms with Crippen LogP contribution in [0.15, 0.2) is 48.8 Å². The molecule has 3 aliphatic rings. The molecule has 1 amide bonds. The fourth-order valence-corrected chi connectivity index (χ4v) is 5.48. The van der Waals surface area contributed by atoms with Gasteiger partial charge in [0.2, 0.25) is 5.91 Å². The summed E-state index contributed by atoms with van der Waals surface area (Å²) >= 11 is 5.95. The smallest absolute Gasteiger partial charge is 0.312 e. The molecular weight excluding hydrogens is 549 g/mol. The van der Waals surface area contributed by atoms with E-state index in [-0.39, 0.29) is 22.3 Å². The largest absolute Gasteiger partial charge is 0.491 e. The average Bonchev–Trinajstić information content (AvgIpc) is 3.73. The van der Waals surface area contributed by atoms with Gasteiger partial charge in [0.1, 0.15) is 23.7 Å². The van der Waals surface area contributed by atoms with Gasteiger partial charge in [0.25, 0.3) is 0 Å². The maximum absolute atomic E-state index is 13.6. The van der Waals surface area contributed by atoms with Crippen LogP contribution < -0.4 is 15.4 Å². The van der Waals surface area contributed by atoms with Gasteiger partial charge < -0.3 is 20.1 Å². The molecule has 1 aliphatic carbocycles. The molecule has 0 atom stereocenters. The summed E-state index contributed by atoms with van der Waals surface area (Å²) in [5.74, 6) is 0.673. The van der Waals surface area contributed by atoms with Crippen molar-refractivity contribution in [2.24, 2.45) is 11.3 Å². The summed E-state index contributed by atoms with van der Waals surface area (Å²) in [5, 5.41) is 6.76. The zero-order chi connectivity index (χ0) is 28.4. The second-order valence-electron chi connectivity index (χ2n) is 11.0. The highest BCUT2D eigenvalue weighted by molar-refractivity contribution is 6.31. The SMILES string of the molecule is O=C(C=CCN1CCC2(CCOC2=O)CC1)Nc1cc2c(Nc3ccc(F)c(Cl)c3)ncnc2cc1OCC1CC1. The Kier molecular flexibility index (Phi) is 7.77. The van der Waals surface area contributed by atoms with Crippen LogP contribution in [0.1, 0.15) is 32.1 Å². The molecule has 214 valence electrons. The summed E-state index contributed by atoms with van der Waals surface area (Å²) in [5.41, 5.74) is 1.38. The van der Waals surface area contributed by atoms with Crippen LogP contribution in [0.25, 0.3) is 10.9 Å². The van der Waals surface area contributed by atoms with Crippen molar-refractivity contribution < 1.29 is 23.5 Å². The third kappa shape index (κ3) is 6.28. The molecule has 6 rings (SSSR count). The van der Waals surface area contributed by atoms with Gasteiger partial charge in [0.15, 0.2) is 0 Å². The number of carbonyl (C=O) groups is 2. The predicted octanol–water partition coefficient (Wildman–Crippen LogP) is 5.48. The van der Waals surface area contributed by atoms with Gasteiger partial charge in [-0.1, -0.05) is 17.7 Å². The molecule has 1 saturated carbocycles. The van der Waals surface area contributed by atoms with Crippen LogP contribution >= 0.6 is 11.6 Å². The van der Waals surface area contributed by atoms with E-state index in [1.165, 1.54) is 24.5 Å². The Bertz CT molecular complexity index is 1500. The van der Waals surface area contributed by atoms with Crippen LogP contribution in [0.5, 0.6) is 5.75 Å². The number of carbonyl (C=O) groups excluding carboxylic acids is 2. The number of fused-ring (bicyclic) bond motifs is 1. The Labute approximate surface area is 242 Å². The Balaban J connectivity index is 1.16. The molecule has 41 heavy (non-hydrogen) atoms. The van der Waals surface area contributed by atoms with Crippen molar-refractivity contribution >= 4 is 51.6 Å². The van der Waals surface area contributed by atoms with E-state index in [4.69, 9.17) is 21.1 Å². The topological polar surface area (TPSA) is 106 Å². The summed E-state index contributed by atoms with van der Waals surface area (Å²) < 4.78 is 24.9. The molecular formula is C30H31ClFN5O4. The lowest BCUT2D eigenvalue weighted by Gasteiger charge is -2.35. The van der Waals surface area contributed by atoms with Crippen molar-refractivity contribution in [2.75, 3.05) is 43.5 Å². The zero-order valence-corrected chi connectivity index (χ0v) is 23.3. The fourth-order valence-electron chi connectivity index (χ4n) is 5.30. The second-order valence-corrected chi connectivity index (χ2v) is 11.4. The van der Waals surface area contributed by atoms with Crippen LogP contribution in [0.2, 0.25) is 5.02 Å². The van der Waals surface area contributed by atoms with E-state index < -0.39 is 5.82 Å². The number of hydrogen-bond donors (Lipinski definition) is 2. The van der Waals surface area contributed by atoms with Crippen LogP contribution in [0.3, 0.4) is 0 Å². The third-order valence-electron chi connectivity index (χ3n) is 8.04. The number of amides is 1. The molecule has 2 aromatic carbocycles. The molecule has 3 heterocycles. The lowest BCUT2D eigenvalue weighted by molar-refractivity contribution is -0.148. The van der Waals surface area contributed by atoms with E-state index in [1.54, 1.807) is 18.2 Å². The first-order chi connectivity index (χ1) is 19.9. The van der Waals surface area contributed by atoms with E-state index in [1.807, 2.05) is 6.08 Å². The quantitative estimate of drug-likeness (QED) is 0.254. The van der Waals surface area contributed by atoms with Crippen LogP contribution in [-0.2, 0) is 14.3 Å². The Morgan fingerprint density at radius 2 is 2.02 bits per heavy atom. The summed E-state index contributed by atoms with van der Waals surface area (Å²) in [6, 6.07) is 7.89. The molecule has 2 saturated heterocycles. The number of piperidine rings is 1. The number of aromatic nitrogens is 2. The summed E-state index contributed by atoms with van der Waals surface area (Å²) in [7, 11) is 0. The molecule has 1 aromatic heterocycles. The minimum Gasteiger partial charge on any atom is -0.491 e. The first-order valence-electron chi connectivity index (χ1n) is 13.9. The van der Waals surface area contributed by atoms with Crippen LogP contribution in [-0.4, -0.2) is 59.6 Å². The maximum atomic E-state index is 13.6. The van der Waals surface area contributed by atoms with Crippen molar-refractivity contribution in [1.82, 2.24) is 14.9 Å². The lowest BCUT2D eigenvalue weighted by Crippen LogP contribution is -2.42. The Hall–Kier alpha value is -3.76. The van der Waals surface area contributed by atoms with Crippen molar-refractivity contribution in [1.29, 1.82) is 0 Å². The van der Waals surface area contributed by atoms with Gasteiger partial charge >= 0.3 is 5.97 Å². The normalized spacial score (nSPS) is 18.6. The average molecular weight is 580 g/mol. The molecule has 1 spiro atoms. The molecule has 3 aromatic rings. The van der Waals surface area contributed by atoms with Crippen LogP contribution in [0.4, 0.5) is 21.6 Å². The van der Waals surface area contributed by atoms with Gasteiger partial charge in [-0.3, -0.25) is 14.5 Å². The molecule has 2 aliphatic heterocycles. The Morgan fingerprint density at radius 1 is 1.20 bits per heavy atom. The predicted molar refractivity (Wildman–Crippen MR) is 154 cm³/mol. The van der Waals surface area contributed by atoms with Gasteiger partial charge in [-0.2, -0.15) is 0 Å². The number of nitrogens with one attached hydrogen (secondary N) is 2. The van der Waals surface area contributed by atoms with Gasteiger partial charge in [0, 0.05) is 29.8 Å². The van der Waals surface area contributed by atoms with E-state index >= 15 is 0 Å². The number of hydrogen-bond acceptors (Lipinski definition) is 8. The van der Waals surface area contributed by atoms with Gasteiger partial charge in [0.05, 0.1) is 34.9 Å². The first-order valence-corrected chi connectivity index (χ1v) is 14.3. The van der Waals surface area contributed by atoms with Gasteiger partial charge in [-0.25, -0.2) is 14.4 Å². The highest BCUT2D eigenvalue weighted by Crippen LogP contribution is 2.40. The molecule has 0 bridgehead atoms. The maximum Gasteiger partial charge on any atom is 0.312 e. The van der Waals surface area contributed by atoms with Crippen LogP contribution in [0, 0.1) is 17.2 Å². The zero-order valence-electron chi connectivity index (χ0n) is 22.5. The molecule has 3 fully saturated rings. The first kappa shape index (κ1) is 27.4. The number of likely N-dealkylation sites (tertiary alicyclic amines) is 1. The number of anilines is 3. The lowest BCUT2D eigenvalue weighted by atomic mass is 9.77. The van der Waals surface area contributed by atoms with Crippen molar-refractivity contribution in [3.63, 3.8) is 0 Å². The highest BCUT2D eigenvalue weighted by atomic mass is 35.5. The molecule has 9 nitrogen and oxygen atoms in total. The molecule has 2 N–H and O–H groups in total. The van der Waals surface area contributed by atoms with E-state index in [2.05, 4.69) is 25.5 Å². The highest BCUT2D eigenvalue weighted by Gasteiger charge is 2.46. The van der Waals surface area contributed by atoms with Gasteiger partial charge in [-0.05, 0) is 75.4 Å². The fraction of sp³-hybridized carbons (Fsp3) is 0.400. The number of nitrogens with zero attached hydrogens (tertiary/aromatic N) is 3. The van der Waals surface area contributed by atoms with E-state index in [9.17, 15) is 14.0 Å².